The van der Waals surface area contributed by atoms with E-state index in [1.54, 1.807) is 29.2 Å². The van der Waals surface area contributed by atoms with Crippen LogP contribution in [0, 0.1) is 11.3 Å². The van der Waals surface area contributed by atoms with E-state index in [1.807, 2.05) is 24.3 Å². The SMILES string of the molecule is CCC(C)c1ccc(S(=O)(=O)N2CCN(C(=O)CCc3ccc(C#N)cc3)CC2)cc1. The second-order valence-electron chi connectivity index (χ2n) is 7.97. The standard InChI is InChI=1S/C24H29N3O3S/c1-3-19(2)22-9-11-23(12-10-22)31(29,30)27-16-14-26(15-17-27)24(28)13-8-20-4-6-21(18-25)7-5-20/h4-7,9-12,19H,3,8,13-17H2,1-2H3. The maximum Gasteiger partial charge on any atom is 0.243 e. The van der Waals surface area contributed by atoms with Crippen LogP contribution in [-0.2, 0) is 21.2 Å². The molecule has 0 aromatic heterocycles. The van der Waals surface area contributed by atoms with Crippen molar-refractivity contribution in [2.75, 3.05) is 26.2 Å². The predicted octanol–water partition coefficient (Wildman–Crippen LogP) is 3.54. The summed E-state index contributed by atoms with van der Waals surface area (Å²) in [7, 11) is -3.55. The van der Waals surface area contributed by atoms with Crippen LogP contribution in [-0.4, -0.2) is 49.7 Å². The molecule has 2 aromatic rings. The maximum atomic E-state index is 13.0. The van der Waals surface area contributed by atoms with Gasteiger partial charge in [0.05, 0.1) is 16.5 Å². The van der Waals surface area contributed by atoms with Crippen LogP contribution in [0.1, 0.15) is 49.3 Å². The monoisotopic (exact) mass is 439 g/mol. The number of hydrogen-bond donors (Lipinski definition) is 0. The number of sulfonamides is 1. The van der Waals surface area contributed by atoms with Gasteiger partial charge in [-0.25, -0.2) is 8.42 Å². The van der Waals surface area contributed by atoms with Crippen molar-refractivity contribution in [3.63, 3.8) is 0 Å². The number of nitriles is 1. The average Bonchev–Trinajstić information content (AvgIpc) is 2.82. The minimum absolute atomic E-state index is 0.0271. The molecule has 3 rings (SSSR count). The Morgan fingerprint density at radius 1 is 1.03 bits per heavy atom. The molecular formula is C24H29N3O3S. The van der Waals surface area contributed by atoms with Gasteiger partial charge in [-0.2, -0.15) is 9.57 Å². The van der Waals surface area contributed by atoms with Crippen molar-refractivity contribution in [2.24, 2.45) is 0 Å². The highest BCUT2D eigenvalue weighted by molar-refractivity contribution is 7.89. The molecule has 7 heteroatoms. The summed E-state index contributed by atoms with van der Waals surface area (Å²) in [5.41, 5.74) is 2.75. The predicted molar refractivity (Wildman–Crippen MR) is 120 cm³/mol. The van der Waals surface area contributed by atoms with Crippen LogP contribution in [0.15, 0.2) is 53.4 Å². The molecule has 1 heterocycles. The third-order valence-electron chi connectivity index (χ3n) is 6.00. The fourth-order valence-electron chi connectivity index (χ4n) is 3.69. The Hall–Kier alpha value is -2.69. The lowest BCUT2D eigenvalue weighted by molar-refractivity contribution is -0.132. The number of hydrogen-bond acceptors (Lipinski definition) is 4. The lowest BCUT2D eigenvalue weighted by Gasteiger charge is -2.34. The molecular weight excluding hydrogens is 410 g/mol. The van der Waals surface area contributed by atoms with Crippen LogP contribution in [0.4, 0.5) is 0 Å². The lowest BCUT2D eigenvalue weighted by atomic mass is 9.99. The first kappa shape index (κ1) is 23.0. The van der Waals surface area contributed by atoms with Gasteiger partial charge in [-0.15, -0.1) is 0 Å². The van der Waals surface area contributed by atoms with E-state index >= 15 is 0 Å². The number of benzene rings is 2. The van der Waals surface area contributed by atoms with Crippen molar-refractivity contribution in [1.82, 2.24) is 9.21 Å². The number of nitrogens with zero attached hydrogens (tertiary/aromatic N) is 3. The van der Waals surface area contributed by atoms with Crippen molar-refractivity contribution in [3.8, 4) is 6.07 Å². The fourth-order valence-corrected chi connectivity index (χ4v) is 5.11. The number of aryl methyl sites for hydroxylation is 1. The molecule has 2 aromatic carbocycles. The Labute approximate surface area is 185 Å². The summed E-state index contributed by atoms with van der Waals surface area (Å²) in [6.45, 7) is 5.64. The molecule has 1 aliphatic heterocycles. The molecule has 164 valence electrons. The van der Waals surface area contributed by atoms with Crippen LogP contribution >= 0.6 is 0 Å². The van der Waals surface area contributed by atoms with Crippen LogP contribution in [0.5, 0.6) is 0 Å². The van der Waals surface area contributed by atoms with Gasteiger partial charge in [-0.05, 0) is 54.2 Å². The quantitative estimate of drug-likeness (QED) is 0.661. The Balaban J connectivity index is 1.54. The zero-order valence-corrected chi connectivity index (χ0v) is 18.9. The van der Waals surface area contributed by atoms with Gasteiger partial charge in [0, 0.05) is 32.6 Å². The minimum atomic E-state index is -3.55. The molecule has 1 saturated heterocycles. The van der Waals surface area contributed by atoms with Crippen molar-refractivity contribution < 1.29 is 13.2 Å². The van der Waals surface area contributed by atoms with Crippen LogP contribution in [0.25, 0.3) is 0 Å². The second kappa shape index (κ2) is 10.1. The highest BCUT2D eigenvalue weighted by atomic mass is 32.2. The zero-order chi connectivity index (χ0) is 22.4. The summed E-state index contributed by atoms with van der Waals surface area (Å²) >= 11 is 0. The molecule has 1 amide bonds. The van der Waals surface area contributed by atoms with E-state index in [1.165, 1.54) is 4.31 Å². The Morgan fingerprint density at radius 2 is 1.65 bits per heavy atom. The highest BCUT2D eigenvalue weighted by Gasteiger charge is 2.30. The fraction of sp³-hybridized carbons (Fsp3) is 0.417. The van der Waals surface area contributed by atoms with E-state index in [9.17, 15) is 13.2 Å². The van der Waals surface area contributed by atoms with Crippen LogP contribution < -0.4 is 0 Å². The Kier molecular flexibility index (Phi) is 7.47. The summed E-state index contributed by atoms with van der Waals surface area (Å²) in [6.07, 6.45) is 1.98. The van der Waals surface area contributed by atoms with E-state index in [0.29, 0.717) is 55.4 Å². The normalized spacial score (nSPS) is 16.0. The molecule has 6 nitrogen and oxygen atoms in total. The van der Waals surface area contributed by atoms with Crippen LogP contribution in [0.3, 0.4) is 0 Å². The van der Waals surface area contributed by atoms with Gasteiger partial charge < -0.3 is 4.90 Å². The Bertz CT molecular complexity index is 1030. The molecule has 1 fully saturated rings. The molecule has 1 unspecified atom stereocenters. The third-order valence-corrected chi connectivity index (χ3v) is 7.91. The minimum Gasteiger partial charge on any atom is -0.340 e. The smallest absolute Gasteiger partial charge is 0.243 e. The molecule has 0 aliphatic carbocycles. The molecule has 0 bridgehead atoms. The summed E-state index contributed by atoms with van der Waals surface area (Å²) in [5.74, 6) is 0.426. The largest absolute Gasteiger partial charge is 0.340 e. The van der Waals surface area contributed by atoms with Gasteiger partial charge in [0.25, 0.3) is 0 Å². The molecule has 0 spiro atoms. The van der Waals surface area contributed by atoms with Gasteiger partial charge in [-0.3, -0.25) is 4.79 Å². The van der Waals surface area contributed by atoms with Gasteiger partial charge >= 0.3 is 0 Å². The average molecular weight is 440 g/mol. The van der Waals surface area contributed by atoms with Crippen molar-refractivity contribution in [1.29, 1.82) is 5.26 Å². The first-order valence-electron chi connectivity index (χ1n) is 10.7. The summed E-state index contributed by atoms with van der Waals surface area (Å²) in [4.78, 5) is 14.6. The van der Waals surface area contributed by atoms with E-state index in [4.69, 9.17) is 5.26 Å². The van der Waals surface area contributed by atoms with Crippen LogP contribution in [0.2, 0.25) is 0 Å². The van der Waals surface area contributed by atoms with E-state index in [0.717, 1.165) is 17.5 Å². The third kappa shape index (κ3) is 5.52. The highest BCUT2D eigenvalue weighted by Crippen LogP contribution is 2.23. The van der Waals surface area contributed by atoms with Gasteiger partial charge in [0.2, 0.25) is 15.9 Å². The molecule has 1 atom stereocenters. The number of rotatable bonds is 7. The zero-order valence-electron chi connectivity index (χ0n) is 18.1. The molecule has 0 N–H and O–H groups in total. The summed E-state index contributed by atoms with van der Waals surface area (Å²) in [6, 6.07) is 16.5. The van der Waals surface area contributed by atoms with E-state index < -0.39 is 10.0 Å². The second-order valence-corrected chi connectivity index (χ2v) is 9.91. The van der Waals surface area contributed by atoms with Crippen molar-refractivity contribution >= 4 is 15.9 Å². The van der Waals surface area contributed by atoms with Crippen molar-refractivity contribution in [3.05, 3.63) is 65.2 Å². The van der Waals surface area contributed by atoms with Gasteiger partial charge in [0.15, 0.2) is 0 Å². The van der Waals surface area contributed by atoms with E-state index in [2.05, 4.69) is 19.9 Å². The molecule has 0 radical (unpaired) electrons. The van der Waals surface area contributed by atoms with Crippen molar-refractivity contribution in [2.45, 2.75) is 43.9 Å². The summed E-state index contributed by atoms with van der Waals surface area (Å²) in [5, 5.41) is 8.85. The van der Waals surface area contributed by atoms with Gasteiger partial charge in [0.1, 0.15) is 0 Å². The number of carbonyl (C=O) groups is 1. The summed E-state index contributed by atoms with van der Waals surface area (Å²) < 4.78 is 27.4. The molecule has 31 heavy (non-hydrogen) atoms. The lowest BCUT2D eigenvalue weighted by Crippen LogP contribution is -2.50. The van der Waals surface area contributed by atoms with Gasteiger partial charge in [-0.1, -0.05) is 38.1 Å². The number of amides is 1. The maximum absolute atomic E-state index is 13.0. The number of carbonyl (C=O) groups excluding carboxylic acids is 1. The molecule has 0 saturated carbocycles. The van der Waals surface area contributed by atoms with E-state index in [-0.39, 0.29) is 5.91 Å². The number of piperazine rings is 1. The molecule has 1 aliphatic rings. The first-order chi connectivity index (χ1) is 14.8. The first-order valence-corrected chi connectivity index (χ1v) is 12.2. The topological polar surface area (TPSA) is 81.5 Å². The Morgan fingerprint density at radius 3 is 2.19 bits per heavy atom.